The van der Waals surface area contributed by atoms with Gasteiger partial charge in [0.25, 0.3) is 5.91 Å². The van der Waals surface area contributed by atoms with E-state index in [4.69, 9.17) is 0 Å². The molecule has 152 valence electrons. The van der Waals surface area contributed by atoms with Gasteiger partial charge in [-0.1, -0.05) is 43.3 Å². The van der Waals surface area contributed by atoms with Crippen molar-refractivity contribution in [3.63, 3.8) is 0 Å². The summed E-state index contributed by atoms with van der Waals surface area (Å²) in [5, 5.41) is 2.58. The molecule has 29 heavy (non-hydrogen) atoms. The first-order valence-electron chi connectivity index (χ1n) is 9.06. The van der Waals surface area contributed by atoms with Gasteiger partial charge in [0, 0.05) is 5.56 Å². The van der Waals surface area contributed by atoms with Crippen LogP contribution in [0.1, 0.15) is 35.3 Å². The second-order valence-corrected chi connectivity index (χ2v) is 6.82. The van der Waals surface area contributed by atoms with E-state index in [0.29, 0.717) is 11.1 Å². The van der Waals surface area contributed by atoms with Crippen LogP contribution in [-0.4, -0.2) is 35.8 Å². The van der Waals surface area contributed by atoms with E-state index in [2.05, 4.69) is 10.1 Å². The fourth-order valence-electron chi connectivity index (χ4n) is 3.17. The molecule has 1 saturated heterocycles. The van der Waals surface area contributed by atoms with E-state index >= 15 is 0 Å². The molecule has 0 aromatic heterocycles. The third-order valence-corrected chi connectivity index (χ3v) is 4.92. The number of hydrogen-bond donors (Lipinski definition) is 1. The Kier molecular flexibility index (Phi) is 5.63. The fourth-order valence-corrected chi connectivity index (χ4v) is 3.17. The number of halogens is 2. The van der Waals surface area contributed by atoms with Gasteiger partial charge in [-0.2, -0.15) is 8.78 Å². The Hall–Kier alpha value is -3.29. The van der Waals surface area contributed by atoms with Gasteiger partial charge in [-0.15, -0.1) is 0 Å². The number of nitrogens with zero attached hydrogens (tertiary/aromatic N) is 1. The van der Waals surface area contributed by atoms with Crippen LogP contribution >= 0.6 is 0 Å². The normalized spacial score (nSPS) is 18.9. The summed E-state index contributed by atoms with van der Waals surface area (Å²) in [5.41, 5.74) is 0.459. The Morgan fingerprint density at radius 1 is 1.10 bits per heavy atom. The van der Waals surface area contributed by atoms with Gasteiger partial charge in [0.05, 0.1) is 6.54 Å². The molecule has 2 aromatic rings. The van der Waals surface area contributed by atoms with Crippen LogP contribution in [0.3, 0.4) is 0 Å². The van der Waals surface area contributed by atoms with Gasteiger partial charge in [0.1, 0.15) is 11.3 Å². The lowest BCUT2D eigenvalue weighted by Gasteiger charge is -2.22. The van der Waals surface area contributed by atoms with Crippen LogP contribution in [0.5, 0.6) is 5.75 Å². The summed E-state index contributed by atoms with van der Waals surface area (Å²) in [5.74, 6) is -1.02. The lowest BCUT2D eigenvalue weighted by atomic mass is 9.92. The van der Waals surface area contributed by atoms with Gasteiger partial charge >= 0.3 is 12.6 Å². The Bertz CT molecular complexity index is 929. The second kappa shape index (κ2) is 7.98. The molecular formula is C21H20F2N2O4. The van der Waals surface area contributed by atoms with Crippen molar-refractivity contribution in [2.75, 3.05) is 6.54 Å². The Labute approximate surface area is 166 Å². The summed E-state index contributed by atoms with van der Waals surface area (Å²) in [7, 11) is 0. The third kappa shape index (κ3) is 4.11. The lowest BCUT2D eigenvalue weighted by molar-refractivity contribution is -0.130. The zero-order chi connectivity index (χ0) is 21.2. The van der Waals surface area contributed by atoms with Crippen molar-refractivity contribution in [1.82, 2.24) is 10.2 Å². The molecule has 1 fully saturated rings. The minimum atomic E-state index is -2.96. The first-order valence-corrected chi connectivity index (χ1v) is 9.06. The molecule has 3 rings (SSSR count). The highest BCUT2D eigenvalue weighted by Gasteiger charge is 2.49. The maximum absolute atomic E-state index is 12.9. The number of urea groups is 1. The summed E-state index contributed by atoms with van der Waals surface area (Å²) in [6, 6.07) is 11.7. The summed E-state index contributed by atoms with van der Waals surface area (Å²) in [6.07, 6.45) is 0.834. The number of ether oxygens (including phenoxy) is 1. The topological polar surface area (TPSA) is 75.7 Å². The molecule has 0 bridgehead atoms. The van der Waals surface area contributed by atoms with Crippen molar-refractivity contribution in [1.29, 1.82) is 0 Å². The molecule has 1 heterocycles. The van der Waals surface area contributed by atoms with Crippen LogP contribution in [0, 0.1) is 0 Å². The van der Waals surface area contributed by atoms with E-state index in [1.807, 2.05) is 19.1 Å². The molecule has 3 amide bonds. The molecule has 1 atom stereocenters. The Balaban J connectivity index is 1.76. The predicted molar refractivity (Wildman–Crippen MR) is 101 cm³/mol. The van der Waals surface area contributed by atoms with Crippen LogP contribution in [0.15, 0.2) is 48.5 Å². The highest BCUT2D eigenvalue weighted by atomic mass is 19.3. The van der Waals surface area contributed by atoms with E-state index in [9.17, 15) is 23.2 Å². The van der Waals surface area contributed by atoms with E-state index in [-0.39, 0.29) is 11.5 Å². The first kappa shape index (κ1) is 20.4. The number of aryl methyl sites for hydroxylation is 1. The number of benzene rings is 2. The molecule has 0 aliphatic carbocycles. The monoisotopic (exact) mass is 402 g/mol. The SMILES string of the molecule is CCc1ccc(C(=O)CN2C(=O)N[C@](C)(c3ccc(OC(F)F)cc3)C2=O)cc1. The molecule has 0 saturated carbocycles. The predicted octanol–water partition coefficient (Wildman–Crippen LogP) is 3.50. The van der Waals surface area contributed by atoms with E-state index < -0.39 is 30.6 Å². The minimum Gasteiger partial charge on any atom is -0.435 e. The van der Waals surface area contributed by atoms with Crippen LogP contribution < -0.4 is 10.1 Å². The summed E-state index contributed by atoms with van der Waals surface area (Å²) in [4.78, 5) is 38.7. The summed E-state index contributed by atoms with van der Waals surface area (Å²) >= 11 is 0. The van der Waals surface area contributed by atoms with Crippen LogP contribution in [0.25, 0.3) is 0 Å². The number of hydrogen-bond acceptors (Lipinski definition) is 4. The number of ketones is 1. The van der Waals surface area contributed by atoms with E-state index in [1.165, 1.54) is 31.2 Å². The van der Waals surface area contributed by atoms with Crippen LogP contribution in [0.2, 0.25) is 0 Å². The van der Waals surface area contributed by atoms with Gasteiger partial charge in [0.2, 0.25) is 0 Å². The number of carbonyl (C=O) groups excluding carboxylic acids is 3. The number of amides is 3. The zero-order valence-corrected chi connectivity index (χ0v) is 15.9. The fraction of sp³-hybridized carbons (Fsp3) is 0.286. The van der Waals surface area contributed by atoms with Crippen molar-refractivity contribution in [3.8, 4) is 5.75 Å². The standard InChI is InChI=1S/C21H20F2N2O4/c1-3-13-4-6-14(7-5-13)17(26)12-25-18(27)21(2,24-20(25)28)15-8-10-16(11-9-15)29-19(22)23/h4-11,19H,3,12H2,1-2H3,(H,24,28)/t21-/m1/s1. The number of alkyl halides is 2. The smallest absolute Gasteiger partial charge is 0.387 e. The van der Waals surface area contributed by atoms with Crippen molar-refractivity contribution in [2.24, 2.45) is 0 Å². The molecule has 1 aliphatic heterocycles. The summed E-state index contributed by atoms with van der Waals surface area (Å²) < 4.78 is 28.9. The molecule has 0 spiro atoms. The molecule has 2 aromatic carbocycles. The quantitative estimate of drug-likeness (QED) is 0.568. The van der Waals surface area contributed by atoms with Crippen molar-refractivity contribution in [2.45, 2.75) is 32.4 Å². The maximum atomic E-state index is 12.9. The number of carbonyl (C=O) groups is 3. The van der Waals surface area contributed by atoms with Gasteiger partial charge in [0.15, 0.2) is 5.78 Å². The van der Waals surface area contributed by atoms with Crippen LogP contribution in [-0.2, 0) is 16.8 Å². The highest BCUT2D eigenvalue weighted by Crippen LogP contribution is 2.30. The average molecular weight is 402 g/mol. The maximum Gasteiger partial charge on any atom is 0.387 e. The zero-order valence-electron chi connectivity index (χ0n) is 15.9. The van der Waals surface area contributed by atoms with Crippen LogP contribution in [0.4, 0.5) is 13.6 Å². The average Bonchev–Trinajstić information content (AvgIpc) is 2.92. The van der Waals surface area contributed by atoms with Crippen molar-refractivity contribution in [3.05, 3.63) is 65.2 Å². The molecule has 1 N–H and O–H groups in total. The molecule has 0 radical (unpaired) electrons. The van der Waals surface area contributed by atoms with Crippen molar-refractivity contribution < 1.29 is 27.9 Å². The second-order valence-electron chi connectivity index (χ2n) is 6.82. The molecule has 8 heteroatoms. The van der Waals surface area contributed by atoms with Crippen molar-refractivity contribution >= 4 is 17.7 Å². The molecular weight excluding hydrogens is 382 g/mol. The van der Waals surface area contributed by atoms with E-state index in [0.717, 1.165) is 16.9 Å². The number of Topliss-reactive ketones (excluding diaryl/α,β-unsaturated/α-hetero) is 1. The molecule has 6 nitrogen and oxygen atoms in total. The molecule has 1 aliphatic rings. The highest BCUT2D eigenvalue weighted by molar-refractivity contribution is 6.11. The van der Waals surface area contributed by atoms with Gasteiger partial charge in [-0.25, -0.2) is 4.79 Å². The van der Waals surface area contributed by atoms with Gasteiger partial charge in [-0.3, -0.25) is 14.5 Å². The number of imide groups is 1. The number of rotatable bonds is 7. The number of nitrogens with one attached hydrogen (secondary N) is 1. The van der Waals surface area contributed by atoms with Gasteiger partial charge in [-0.05, 0) is 36.6 Å². The largest absolute Gasteiger partial charge is 0.435 e. The third-order valence-electron chi connectivity index (χ3n) is 4.92. The van der Waals surface area contributed by atoms with Gasteiger partial charge < -0.3 is 10.1 Å². The Morgan fingerprint density at radius 2 is 1.72 bits per heavy atom. The first-order chi connectivity index (χ1) is 13.7. The van der Waals surface area contributed by atoms with E-state index in [1.54, 1.807) is 12.1 Å². The Morgan fingerprint density at radius 3 is 2.28 bits per heavy atom. The summed E-state index contributed by atoms with van der Waals surface area (Å²) in [6.45, 7) is 0.142. The minimum absolute atomic E-state index is 0.0633. The lowest BCUT2D eigenvalue weighted by Crippen LogP contribution is -2.41. The molecule has 0 unspecified atom stereocenters.